The van der Waals surface area contributed by atoms with Gasteiger partial charge >= 0.3 is 0 Å². The van der Waals surface area contributed by atoms with Gasteiger partial charge in [-0.3, -0.25) is 9.69 Å². The average molecular weight is 353 g/mol. The van der Waals surface area contributed by atoms with Gasteiger partial charge in [0, 0.05) is 24.3 Å². The van der Waals surface area contributed by atoms with Crippen molar-refractivity contribution in [1.82, 2.24) is 0 Å². The van der Waals surface area contributed by atoms with Crippen molar-refractivity contribution in [3.05, 3.63) is 53.6 Å². The number of rotatable bonds is 5. The van der Waals surface area contributed by atoms with Gasteiger partial charge in [0.15, 0.2) is 17.7 Å². The zero-order chi connectivity index (χ0) is 18.1. The summed E-state index contributed by atoms with van der Waals surface area (Å²) < 4.78 is 17.3. The molecule has 2 aliphatic rings. The van der Waals surface area contributed by atoms with Gasteiger partial charge in [-0.05, 0) is 43.9 Å². The minimum absolute atomic E-state index is 0.0653. The molecule has 0 spiro atoms. The summed E-state index contributed by atoms with van der Waals surface area (Å²) >= 11 is 0. The molecule has 1 heterocycles. The molecular formula is C21H23NO4. The molecule has 0 saturated heterocycles. The molecule has 1 unspecified atom stereocenters. The van der Waals surface area contributed by atoms with E-state index in [9.17, 15) is 4.79 Å². The molecule has 1 atom stereocenters. The van der Waals surface area contributed by atoms with Crippen LogP contribution in [0.2, 0.25) is 0 Å². The average Bonchev–Trinajstić information content (AvgIpc) is 3.28. The van der Waals surface area contributed by atoms with Crippen LogP contribution in [0, 0.1) is 0 Å². The third-order valence-electron chi connectivity index (χ3n) is 5.16. The highest BCUT2D eigenvalue weighted by molar-refractivity contribution is 6.10. The molecule has 4 rings (SSSR count). The van der Waals surface area contributed by atoms with Crippen molar-refractivity contribution in [2.24, 2.45) is 0 Å². The third-order valence-corrected chi connectivity index (χ3v) is 5.16. The Morgan fingerprint density at radius 1 is 1.00 bits per heavy atom. The summed E-state index contributed by atoms with van der Waals surface area (Å²) in [6, 6.07) is 13.2. The number of hydrogen-bond donors (Lipinski definition) is 0. The van der Waals surface area contributed by atoms with E-state index in [-0.39, 0.29) is 12.0 Å². The molecule has 1 aliphatic carbocycles. The van der Waals surface area contributed by atoms with Crippen molar-refractivity contribution >= 4 is 11.6 Å². The number of carbonyl (C=O) groups is 1. The highest BCUT2D eigenvalue weighted by atomic mass is 16.5. The number of amides is 1. The molecule has 0 bridgehead atoms. The SMILES string of the molecule is COc1ccc(N2C(=O)c3ccccc3C2OC)cc1OC1CCCC1. The van der Waals surface area contributed by atoms with Crippen molar-refractivity contribution < 1.29 is 19.0 Å². The maximum absolute atomic E-state index is 13.0. The lowest BCUT2D eigenvalue weighted by atomic mass is 10.1. The maximum atomic E-state index is 13.0. The lowest BCUT2D eigenvalue weighted by Gasteiger charge is -2.25. The van der Waals surface area contributed by atoms with Gasteiger partial charge in [0.1, 0.15) is 0 Å². The quantitative estimate of drug-likeness (QED) is 0.803. The van der Waals surface area contributed by atoms with E-state index in [0.717, 1.165) is 24.1 Å². The minimum atomic E-state index is -0.438. The molecule has 26 heavy (non-hydrogen) atoms. The molecule has 5 heteroatoms. The summed E-state index contributed by atoms with van der Waals surface area (Å²) in [7, 11) is 3.25. The van der Waals surface area contributed by atoms with Gasteiger partial charge in [0.05, 0.1) is 18.9 Å². The van der Waals surface area contributed by atoms with E-state index in [1.165, 1.54) is 12.8 Å². The standard InChI is InChI=1S/C21H23NO4/c1-24-18-12-11-14(13-19(18)26-15-7-3-4-8-15)22-20(23)16-9-5-6-10-17(16)21(22)25-2/h5-6,9-13,15,21H,3-4,7-8H2,1-2H3. The van der Waals surface area contributed by atoms with Crippen molar-refractivity contribution in [3.8, 4) is 11.5 Å². The van der Waals surface area contributed by atoms with Gasteiger partial charge < -0.3 is 14.2 Å². The van der Waals surface area contributed by atoms with Crippen LogP contribution in [0.25, 0.3) is 0 Å². The van der Waals surface area contributed by atoms with Crippen LogP contribution in [0.3, 0.4) is 0 Å². The van der Waals surface area contributed by atoms with Crippen LogP contribution in [0.4, 0.5) is 5.69 Å². The topological polar surface area (TPSA) is 48.0 Å². The first kappa shape index (κ1) is 16.9. The molecule has 2 aromatic rings. The second-order valence-corrected chi connectivity index (χ2v) is 6.71. The Balaban J connectivity index is 1.70. The van der Waals surface area contributed by atoms with E-state index < -0.39 is 6.23 Å². The fraction of sp³-hybridized carbons (Fsp3) is 0.381. The first-order valence-corrected chi connectivity index (χ1v) is 9.03. The van der Waals surface area contributed by atoms with Gasteiger partial charge in [-0.25, -0.2) is 0 Å². The highest BCUT2D eigenvalue weighted by Gasteiger charge is 2.38. The summed E-state index contributed by atoms with van der Waals surface area (Å²) in [6.45, 7) is 0. The molecule has 5 nitrogen and oxygen atoms in total. The Labute approximate surface area is 153 Å². The summed E-state index contributed by atoms with van der Waals surface area (Å²) in [4.78, 5) is 14.6. The van der Waals surface area contributed by atoms with Gasteiger partial charge in [-0.2, -0.15) is 0 Å². The van der Waals surface area contributed by atoms with E-state index >= 15 is 0 Å². The Bertz CT molecular complexity index is 813. The molecular weight excluding hydrogens is 330 g/mol. The lowest BCUT2D eigenvalue weighted by Crippen LogP contribution is -2.28. The second-order valence-electron chi connectivity index (χ2n) is 6.71. The fourth-order valence-electron chi connectivity index (χ4n) is 3.86. The third kappa shape index (κ3) is 2.82. The van der Waals surface area contributed by atoms with E-state index in [4.69, 9.17) is 14.2 Å². The molecule has 1 amide bonds. The monoisotopic (exact) mass is 353 g/mol. The highest BCUT2D eigenvalue weighted by Crippen LogP contribution is 2.41. The van der Waals surface area contributed by atoms with Crippen LogP contribution in [0.1, 0.15) is 47.8 Å². The summed E-state index contributed by atoms with van der Waals surface area (Å²) in [5.74, 6) is 1.29. The predicted octanol–water partition coefficient (Wildman–Crippen LogP) is 4.32. The van der Waals surface area contributed by atoms with Crippen LogP contribution in [-0.2, 0) is 4.74 Å². The number of anilines is 1. The Morgan fingerprint density at radius 2 is 1.77 bits per heavy atom. The summed E-state index contributed by atoms with van der Waals surface area (Å²) in [6.07, 6.45) is 4.27. The Morgan fingerprint density at radius 3 is 2.50 bits per heavy atom. The van der Waals surface area contributed by atoms with E-state index in [2.05, 4.69) is 0 Å². The normalized spacial score (nSPS) is 19.7. The van der Waals surface area contributed by atoms with Crippen LogP contribution in [0.5, 0.6) is 11.5 Å². The number of carbonyl (C=O) groups excluding carboxylic acids is 1. The number of nitrogens with zero attached hydrogens (tertiary/aromatic N) is 1. The zero-order valence-electron chi connectivity index (χ0n) is 15.1. The van der Waals surface area contributed by atoms with Gasteiger partial charge in [0.2, 0.25) is 0 Å². The van der Waals surface area contributed by atoms with Crippen molar-refractivity contribution in [2.45, 2.75) is 38.0 Å². The number of benzene rings is 2. The molecule has 136 valence electrons. The molecule has 0 radical (unpaired) electrons. The summed E-state index contributed by atoms with van der Waals surface area (Å²) in [5.41, 5.74) is 2.30. The van der Waals surface area contributed by atoms with Crippen LogP contribution >= 0.6 is 0 Å². The van der Waals surface area contributed by atoms with Crippen molar-refractivity contribution in [3.63, 3.8) is 0 Å². The summed E-state index contributed by atoms with van der Waals surface area (Å²) in [5, 5.41) is 0. The molecule has 1 saturated carbocycles. The molecule has 1 aliphatic heterocycles. The molecule has 0 aromatic heterocycles. The Kier molecular flexibility index (Phi) is 4.55. The minimum Gasteiger partial charge on any atom is -0.493 e. The van der Waals surface area contributed by atoms with Crippen molar-refractivity contribution in [1.29, 1.82) is 0 Å². The lowest BCUT2D eigenvalue weighted by molar-refractivity contribution is 0.0822. The van der Waals surface area contributed by atoms with E-state index in [1.807, 2.05) is 42.5 Å². The second kappa shape index (κ2) is 7.00. The first-order chi connectivity index (χ1) is 12.7. The number of hydrogen-bond acceptors (Lipinski definition) is 4. The first-order valence-electron chi connectivity index (χ1n) is 9.03. The van der Waals surface area contributed by atoms with E-state index in [0.29, 0.717) is 17.1 Å². The fourth-order valence-corrected chi connectivity index (χ4v) is 3.86. The smallest absolute Gasteiger partial charge is 0.261 e. The van der Waals surface area contributed by atoms with Gasteiger partial charge in [-0.1, -0.05) is 18.2 Å². The largest absolute Gasteiger partial charge is 0.493 e. The van der Waals surface area contributed by atoms with Gasteiger partial charge in [-0.15, -0.1) is 0 Å². The number of fused-ring (bicyclic) bond motifs is 1. The molecule has 1 fully saturated rings. The van der Waals surface area contributed by atoms with Crippen LogP contribution in [-0.4, -0.2) is 26.2 Å². The molecule has 2 aromatic carbocycles. The van der Waals surface area contributed by atoms with Gasteiger partial charge in [0.25, 0.3) is 5.91 Å². The zero-order valence-corrected chi connectivity index (χ0v) is 15.1. The van der Waals surface area contributed by atoms with Crippen LogP contribution in [0.15, 0.2) is 42.5 Å². The van der Waals surface area contributed by atoms with E-state index in [1.54, 1.807) is 19.1 Å². The van der Waals surface area contributed by atoms with Crippen LogP contribution < -0.4 is 14.4 Å². The predicted molar refractivity (Wildman–Crippen MR) is 98.9 cm³/mol. The Hall–Kier alpha value is -2.53. The number of methoxy groups -OCH3 is 2. The maximum Gasteiger partial charge on any atom is 0.261 e. The van der Waals surface area contributed by atoms with Crippen molar-refractivity contribution in [2.75, 3.05) is 19.1 Å². The number of ether oxygens (including phenoxy) is 3. The molecule has 0 N–H and O–H groups in total.